The molecule has 14 heavy (non-hydrogen) atoms. The fourth-order valence-corrected chi connectivity index (χ4v) is 1.19. The van der Waals surface area contributed by atoms with Gasteiger partial charge >= 0.3 is 0 Å². The van der Waals surface area contributed by atoms with Crippen LogP contribution in [0.15, 0.2) is 18.2 Å². The Morgan fingerprint density at radius 1 is 1.43 bits per heavy atom. The first kappa shape index (κ1) is 10.4. The lowest BCUT2D eigenvalue weighted by Gasteiger charge is -2.14. The first-order chi connectivity index (χ1) is 6.57. The molecule has 0 atom stereocenters. The molecule has 0 saturated heterocycles. The van der Waals surface area contributed by atoms with E-state index in [2.05, 4.69) is 0 Å². The van der Waals surface area contributed by atoms with Gasteiger partial charge < -0.3 is 15.4 Å². The van der Waals surface area contributed by atoms with Crippen molar-refractivity contribution >= 4 is 11.6 Å². The predicted octanol–water partition coefficient (Wildman–Crippen LogP) is 0.979. The highest BCUT2D eigenvalue weighted by atomic mass is 16.5. The van der Waals surface area contributed by atoms with Crippen LogP contribution < -0.4 is 10.5 Å². The van der Waals surface area contributed by atoms with Crippen molar-refractivity contribution in [3.05, 3.63) is 23.8 Å². The minimum absolute atomic E-state index is 0.117. The van der Waals surface area contributed by atoms with Gasteiger partial charge in [0.25, 0.3) is 5.91 Å². The average molecular weight is 194 g/mol. The third kappa shape index (κ3) is 1.79. The normalized spacial score (nSPS) is 9.64. The second-order valence-electron chi connectivity index (χ2n) is 3.13. The van der Waals surface area contributed by atoms with E-state index in [1.165, 1.54) is 12.0 Å². The molecular formula is C10H14N2O2. The molecule has 0 fully saturated rings. The summed E-state index contributed by atoms with van der Waals surface area (Å²) >= 11 is 0. The Kier molecular flexibility index (Phi) is 2.96. The highest BCUT2D eigenvalue weighted by Crippen LogP contribution is 2.26. The lowest BCUT2D eigenvalue weighted by atomic mass is 10.1. The lowest BCUT2D eigenvalue weighted by molar-refractivity contribution is 0.0824. The summed E-state index contributed by atoms with van der Waals surface area (Å²) in [7, 11) is 4.87. The first-order valence-corrected chi connectivity index (χ1v) is 4.22. The molecule has 0 heterocycles. The Morgan fingerprint density at radius 3 is 2.57 bits per heavy atom. The molecule has 0 aliphatic heterocycles. The van der Waals surface area contributed by atoms with E-state index in [4.69, 9.17) is 10.5 Å². The summed E-state index contributed by atoms with van der Waals surface area (Å²) in [5.41, 5.74) is 6.63. The molecule has 0 saturated carbocycles. The van der Waals surface area contributed by atoms with Gasteiger partial charge in [-0.25, -0.2) is 0 Å². The molecule has 1 amide bonds. The van der Waals surface area contributed by atoms with Gasteiger partial charge in [0.05, 0.1) is 18.4 Å². The molecule has 0 unspecified atom stereocenters. The van der Waals surface area contributed by atoms with E-state index >= 15 is 0 Å². The second kappa shape index (κ2) is 4.00. The maximum atomic E-state index is 11.7. The van der Waals surface area contributed by atoms with Gasteiger partial charge in [-0.3, -0.25) is 4.79 Å². The Balaban J connectivity index is 3.20. The van der Waals surface area contributed by atoms with E-state index in [0.29, 0.717) is 17.0 Å². The standard InChI is InChI=1S/C10H14N2O2/c1-12(2)10(13)7-5-4-6-8(11)9(7)14-3/h4-6H,11H2,1-3H3. The summed E-state index contributed by atoms with van der Waals surface area (Å²) in [6.45, 7) is 0. The van der Waals surface area contributed by atoms with Crippen LogP contribution in [0, 0.1) is 0 Å². The fourth-order valence-electron chi connectivity index (χ4n) is 1.19. The van der Waals surface area contributed by atoms with E-state index < -0.39 is 0 Å². The molecule has 0 aromatic heterocycles. The molecule has 4 nitrogen and oxygen atoms in total. The van der Waals surface area contributed by atoms with Gasteiger partial charge in [0, 0.05) is 14.1 Å². The highest BCUT2D eigenvalue weighted by molar-refractivity contribution is 5.98. The molecule has 0 aliphatic rings. The molecular weight excluding hydrogens is 180 g/mol. The minimum Gasteiger partial charge on any atom is -0.494 e. The Labute approximate surface area is 83.3 Å². The summed E-state index contributed by atoms with van der Waals surface area (Å²) in [5.74, 6) is 0.320. The zero-order chi connectivity index (χ0) is 10.7. The number of nitrogens with zero attached hydrogens (tertiary/aromatic N) is 1. The van der Waals surface area contributed by atoms with E-state index in [9.17, 15) is 4.79 Å². The van der Waals surface area contributed by atoms with E-state index in [-0.39, 0.29) is 5.91 Å². The number of nitrogens with two attached hydrogens (primary N) is 1. The monoisotopic (exact) mass is 194 g/mol. The van der Waals surface area contributed by atoms with Crippen LogP contribution in [0.2, 0.25) is 0 Å². The van der Waals surface area contributed by atoms with Gasteiger partial charge in [-0.15, -0.1) is 0 Å². The fraction of sp³-hybridized carbons (Fsp3) is 0.300. The number of amides is 1. The Morgan fingerprint density at radius 2 is 2.07 bits per heavy atom. The summed E-state index contributed by atoms with van der Waals surface area (Å²) in [5, 5.41) is 0. The number of hydrogen-bond acceptors (Lipinski definition) is 3. The van der Waals surface area contributed by atoms with Gasteiger partial charge in [0.15, 0.2) is 5.75 Å². The van der Waals surface area contributed by atoms with E-state index in [0.717, 1.165) is 0 Å². The molecule has 76 valence electrons. The average Bonchev–Trinajstić information content (AvgIpc) is 2.16. The zero-order valence-corrected chi connectivity index (χ0v) is 8.57. The Bertz CT molecular complexity index is 348. The number of rotatable bonds is 2. The molecule has 4 heteroatoms. The van der Waals surface area contributed by atoms with Crippen LogP contribution in [0.3, 0.4) is 0 Å². The maximum Gasteiger partial charge on any atom is 0.257 e. The van der Waals surface area contributed by atoms with Gasteiger partial charge in [0.2, 0.25) is 0 Å². The number of anilines is 1. The van der Waals surface area contributed by atoms with E-state index in [1.54, 1.807) is 32.3 Å². The smallest absolute Gasteiger partial charge is 0.257 e. The van der Waals surface area contributed by atoms with Crippen molar-refractivity contribution in [2.24, 2.45) is 0 Å². The number of nitrogen functional groups attached to an aromatic ring is 1. The van der Waals surface area contributed by atoms with Gasteiger partial charge in [-0.2, -0.15) is 0 Å². The van der Waals surface area contributed by atoms with Crippen LogP contribution in [0.1, 0.15) is 10.4 Å². The molecule has 2 N–H and O–H groups in total. The van der Waals surface area contributed by atoms with Crippen LogP contribution in [0.25, 0.3) is 0 Å². The second-order valence-corrected chi connectivity index (χ2v) is 3.13. The predicted molar refractivity (Wildman–Crippen MR) is 55.4 cm³/mol. The lowest BCUT2D eigenvalue weighted by Crippen LogP contribution is -2.22. The number of carbonyl (C=O) groups excluding carboxylic acids is 1. The molecule has 1 rings (SSSR count). The van der Waals surface area contributed by atoms with Crippen molar-refractivity contribution in [3.8, 4) is 5.75 Å². The quantitative estimate of drug-likeness (QED) is 0.714. The van der Waals surface area contributed by atoms with Crippen LogP contribution in [-0.2, 0) is 0 Å². The SMILES string of the molecule is COc1c(N)cccc1C(=O)N(C)C. The Hall–Kier alpha value is -1.71. The molecule has 0 bridgehead atoms. The third-order valence-corrected chi connectivity index (χ3v) is 1.89. The minimum atomic E-state index is -0.117. The third-order valence-electron chi connectivity index (χ3n) is 1.89. The summed E-state index contributed by atoms with van der Waals surface area (Å²) in [6.07, 6.45) is 0. The van der Waals surface area contributed by atoms with Crippen molar-refractivity contribution in [3.63, 3.8) is 0 Å². The van der Waals surface area contributed by atoms with Crippen molar-refractivity contribution in [1.82, 2.24) is 4.90 Å². The number of carbonyl (C=O) groups is 1. The summed E-state index contributed by atoms with van der Waals surface area (Å²) < 4.78 is 5.07. The van der Waals surface area contributed by atoms with Crippen molar-refractivity contribution in [1.29, 1.82) is 0 Å². The van der Waals surface area contributed by atoms with Crippen molar-refractivity contribution in [2.75, 3.05) is 26.9 Å². The number of benzene rings is 1. The van der Waals surface area contributed by atoms with Crippen LogP contribution in [-0.4, -0.2) is 32.0 Å². The van der Waals surface area contributed by atoms with Crippen LogP contribution in [0.5, 0.6) is 5.75 Å². The van der Waals surface area contributed by atoms with Gasteiger partial charge in [-0.1, -0.05) is 6.07 Å². The first-order valence-electron chi connectivity index (χ1n) is 4.22. The van der Waals surface area contributed by atoms with Gasteiger partial charge in [-0.05, 0) is 12.1 Å². The highest BCUT2D eigenvalue weighted by Gasteiger charge is 2.15. The molecule has 0 aliphatic carbocycles. The zero-order valence-electron chi connectivity index (χ0n) is 8.57. The molecule has 0 spiro atoms. The van der Waals surface area contributed by atoms with Crippen molar-refractivity contribution in [2.45, 2.75) is 0 Å². The van der Waals surface area contributed by atoms with Crippen LogP contribution in [0.4, 0.5) is 5.69 Å². The number of para-hydroxylation sites is 1. The number of methoxy groups -OCH3 is 1. The van der Waals surface area contributed by atoms with E-state index in [1.807, 2.05) is 0 Å². The molecule has 1 aromatic rings. The molecule has 1 aromatic carbocycles. The molecule has 0 radical (unpaired) electrons. The summed E-state index contributed by atoms with van der Waals surface area (Å²) in [6, 6.07) is 5.12. The summed E-state index contributed by atoms with van der Waals surface area (Å²) in [4.78, 5) is 13.2. The van der Waals surface area contributed by atoms with Crippen molar-refractivity contribution < 1.29 is 9.53 Å². The maximum absolute atomic E-state index is 11.7. The van der Waals surface area contributed by atoms with Crippen LogP contribution >= 0.6 is 0 Å². The number of hydrogen-bond donors (Lipinski definition) is 1. The largest absolute Gasteiger partial charge is 0.494 e. The number of ether oxygens (including phenoxy) is 1. The topological polar surface area (TPSA) is 55.6 Å². The van der Waals surface area contributed by atoms with Gasteiger partial charge in [0.1, 0.15) is 0 Å².